The van der Waals surface area contributed by atoms with Gasteiger partial charge >= 0.3 is 0 Å². The SMILES string of the molecule is CNc1cc(C(=O)Nc2n[nH]c(S(C)(=O)=O)n2)cc(Cl)n1. The Morgan fingerprint density at radius 1 is 1.33 bits per heavy atom. The van der Waals surface area contributed by atoms with Gasteiger partial charge in [-0.3, -0.25) is 10.1 Å². The summed E-state index contributed by atoms with van der Waals surface area (Å²) in [4.78, 5) is 19.6. The third-order valence-electron chi connectivity index (χ3n) is 2.35. The van der Waals surface area contributed by atoms with E-state index in [-0.39, 0.29) is 21.8 Å². The molecule has 0 unspecified atom stereocenters. The summed E-state index contributed by atoms with van der Waals surface area (Å²) in [5.74, 6) is -0.284. The maximum Gasteiger partial charge on any atom is 0.258 e. The average molecular weight is 331 g/mol. The molecular weight excluding hydrogens is 320 g/mol. The van der Waals surface area contributed by atoms with Crippen molar-refractivity contribution in [3.63, 3.8) is 0 Å². The first-order valence-corrected chi connectivity index (χ1v) is 7.85. The first kappa shape index (κ1) is 15.2. The minimum Gasteiger partial charge on any atom is -0.373 e. The zero-order chi connectivity index (χ0) is 15.6. The smallest absolute Gasteiger partial charge is 0.258 e. The molecule has 0 aliphatic rings. The molecule has 0 atom stereocenters. The summed E-state index contributed by atoms with van der Waals surface area (Å²) in [6.07, 6.45) is 0.973. The normalized spacial score (nSPS) is 11.2. The van der Waals surface area contributed by atoms with Crippen LogP contribution in [0.25, 0.3) is 0 Å². The number of halogens is 1. The fraction of sp³-hybridized carbons (Fsp3) is 0.200. The molecule has 0 saturated carbocycles. The number of pyridine rings is 1. The summed E-state index contributed by atoms with van der Waals surface area (Å²) < 4.78 is 22.5. The van der Waals surface area contributed by atoms with Crippen molar-refractivity contribution in [2.75, 3.05) is 23.9 Å². The van der Waals surface area contributed by atoms with Crippen molar-refractivity contribution < 1.29 is 13.2 Å². The molecule has 11 heteroatoms. The van der Waals surface area contributed by atoms with E-state index in [0.717, 1.165) is 6.26 Å². The predicted molar refractivity (Wildman–Crippen MR) is 76.2 cm³/mol. The van der Waals surface area contributed by atoms with Crippen LogP contribution in [0.3, 0.4) is 0 Å². The van der Waals surface area contributed by atoms with Crippen molar-refractivity contribution in [2.24, 2.45) is 0 Å². The highest BCUT2D eigenvalue weighted by Gasteiger charge is 2.16. The van der Waals surface area contributed by atoms with Crippen molar-refractivity contribution in [1.29, 1.82) is 0 Å². The average Bonchev–Trinajstić information content (AvgIpc) is 2.86. The molecule has 0 saturated heterocycles. The van der Waals surface area contributed by atoms with Gasteiger partial charge in [-0.05, 0) is 12.1 Å². The van der Waals surface area contributed by atoms with Gasteiger partial charge in [0.05, 0.1) is 0 Å². The number of aromatic nitrogens is 4. The Balaban J connectivity index is 2.22. The number of H-pyrrole nitrogens is 1. The van der Waals surface area contributed by atoms with E-state index in [1.54, 1.807) is 7.05 Å². The molecular formula is C10H11ClN6O3S. The lowest BCUT2D eigenvalue weighted by Gasteiger charge is -2.04. The number of carbonyl (C=O) groups is 1. The Labute approximate surface area is 125 Å². The molecule has 0 aromatic carbocycles. The summed E-state index contributed by atoms with van der Waals surface area (Å²) in [6.45, 7) is 0. The maximum atomic E-state index is 12.0. The number of hydrogen-bond acceptors (Lipinski definition) is 7. The molecule has 2 aromatic heterocycles. The number of nitrogens with one attached hydrogen (secondary N) is 3. The topological polar surface area (TPSA) is 130 Å². The van der Waals surface area contributed by atoms with Crippen molar-refractivity contribution >= 4 is 39.1 Å². The van der Waals surface area contributed by atoms with Crippen LogP contribution in [0, 0.1) is 0 Å². The van der Waals surface area contributed by atoms with E-state index in [0.29, 0.717) is 5.82 Å². The summed E-state index contributed by atoms with van der Waals surface area (Å²) >= 11 is 5.79. The lowest BCUT2D eigenvalue weighted by Crippen LogP contribution is -2.14. The quantitative estimate of drug-likeness (QED) is 0.698. The molecule has 2 heterocycles. The number of nitrogens with zero attached hydrogens (tertiary/aromatic N) is 3. The van der Waals surface area contributed by atoms with Crippen LogP contribution in [0.5, 0.6) is 0 Å². The first-order valence-electron chi connectivity index (χ1n) is 5.59. The number of sulfone groups is 1. The second-order valence-electron chi connectivity index (χ2n) is 4.00. The Hall–Kier alpha value is -2.20. The van der Waals surface area contributed by atoms with E-state index in [2.05, 4.69) is 30.8 Å². The largest absolute Gasteiger partial charge is 0.373 e. The molecule has 0 aliphatic carbocycles. The first-order chi connectivity index (χ1) is 9.79. The van der Waals surface area contributed by atoms with Crippen LogP contribution in [0.1, 0.15) is 10.4 Å². The van der Waals surface area contributed by atoms with E-state index < -0.39 is 15.7 Å². The standard InChI is InChI=1S/C10H11ClN6O3S/c1-12-7-4-5(3-6(11)13-7)8(18)14-9-15-10(17-16-9)21(2,19)20/h3-4H,1-2H3,(H,12,13)(H2,14,15,16,17,18). The fourth-order valence-corrected chi connectivity index (χ4v) is 2.07. The Morgan fingerprint density at radius 3 is 2.62 bits per heavy atom. The molecule has 2 aromatic rings. The Morgan fingerprint density at radius 2 is 2.05 bits per heavy atom. The van der Waals surface area contributed by atoms with Gasteiger partial charge in [0, 0.05) is 18.9 Å². The second-order valence-corrected chi connectivity index (χ2v) is 6.32. The summed E-state index contributed by atoms with van der Waals surface area (Å²) in [5.41, 5.74) is 0.227. The van der Waals surface area contributed by atoms with Gasteiger partial charge < -0.3 is 5.32 Å². The van der Waals surface area contributed by atoms with Crippen LogP contribution in [0.2, 0.25) is 5.15 Å². The highest BCUT2D eigenvalue weighted by Crippen LogP contribution is 2.15. The van der Waals surface area contributed by atoms with Crippen molar-refractivity contribution in [2.45, 2.75) is 5.16 Å². The van der Waals surface area contributed by atoms with E-state index in [4.69, 9.17) is 11.6 Å². The molecule has 21 heavy (non-hydrogen) atoms. The molecule has 0 spiro atoms. The monoisotopic (exact) mass is 330 g/mol. The van der Waals surface area contributed by atoms with E-state index in [1.165, 1.54) is 12.1 Å². The van der Waals surface area contributed by atoms with Gasteiger partial charge in [0.25, 0.3) is 5.91 Å². The molecule has 1 amide bonds. The molecule has 0 radical (unpaired) electrons. The fourth-order valence-electron chi connectivity index (χ4n) is 1.40. The van der Waals surface area contributed by atoms with Crippen molar-refractivity contribution in [1.82, 2.24) is 20.2 Å². The van der Waals surface area contributed by atoms with Crippen LogP contribution in [0.15, 0.2) is 17.3 Å². The van der Waals surface area contributed by atoms with Crippen molar-refractivity contribution in [3.8, 4) is 0 Å². The zero-order valence-electron chi connectivity index (χ0n) is 11.0. The van der Waals surface area contributed by atoms with Gasteiger partial charge in [0.1, 0.15) is 11.0 Å². The molecule has 9 nitrogen and oxygen atoms in total. The van der Waals surface area contributed by atoms with E-state index >= 15 is 0 Å². The molecule has 2 rings (SSSR count). The summed E-state index contributed by atoms with van der Waals surface area (Å²) in [6, 6.07) is 2.84. The van der Waals surface area contributed by atoms with Gasteiger partial charge in [0.2, 0.25) is 20.9 Å². The molecule has 3 N–H and O–H groups in total. The predicted octanol–water partition coefficient (Wildman–Crippen LogP) is 0.551. The molecule has 0 aliphatic heterocycles. The number of amides is 1. The van der Waals surface area contributed by atoms with E-state index in [9.17, 15) is 13.2 Å². The highest BCUT2D eigenvalue weighted by molar-refractivity contribution is 7.90. The zero-order valence-corrected chi connectivity index (χ0v) is 12.6. The van der Waals surface area contributed by atoms with Crippen LogP contribution in [0.4, 0.5) is 11.8 Å². The third kappa shape index (κ3) is 3.67. The number of carbonyl (C=O) groups excluding carboxylic acids is 1. The number of aromatic amines is 1. The summed E-state index contributed by atoms with van der Waals surface area (Å²) in [7, 11) is -1.89. The number of hydrogen-bond donors (Lipinski definition) is 3. The number of rotatable bonds is 4. The van der Waals surface area contributed by atoms with Gasteiger partial charge in [-0.15, -0.1) is 5.10 Å². The lowest BCUT2D eigenvalue weighted by atomic mass is 10.2. The summed E-state index contributed by atoms with van der Waals surface area (Å²) in [5, 5.41) is 10.7. The Kier molecular flexibility index (Phi) is 4.09. The van der Waals surface area contributed by atoms with Gasteiger partial charge in [-0.2, -0.15) is 4.98 Å². The maximum absolute atomic E-state index is 12.0. The molecule has 0 fully saturated rings. The third-order valence-corrected chi connectivity index (χ3v) is 3.43. The van der Waals surface area contributed by atoms with Gasteiger partial charge in [-0.1, -0.05) is 11.6 Å². The van der Waals surface area contributed by atoms with Gasteiger partial charge in [0.15, 0.2) is 0 Å². The highest BCUT2D eigenvalue weighted by atomic mass is 35.5. The van der Waals surface area contributed by atoms with Gasteiger partial charge in [-0.25, -0.2) is 18.5 Å². The van der Waals surface area contributed by atoms with Crippen LogP contribution in [-0.4, -0.2) is 47.8 Å². The minimum atomic E-state index is -3.52. The second kappa shape index (κ2) is 5.66. The minimum absolute atomic E-state index is 0.138. The van der Waals surface area contributed by atoms with Crippen LogP contribution in [-0.2, 0) is 9.84 Å². The Bertz CT molecular complexity index is 788. The number of anilines is 2. The van der Waals surface area contributed by atoms with Crippen LogP contribution < -0.4 is 10.6 Å². The van der Waals surface area contributed by atoms with E-state index in [1.807, 2.05) is 0 Å². The van der Waals surface area contributed by atoms with Crippen molar-refractivity contribution in [3.05, 3.63) is 22.8 Å². The molecule has 112 valence electrons. The van der Waals surface area contributed by atoms with Crippen LogP contribution >= 0.6 is 11.6 Å². The lowest BCUT2D eigenvalue weighted by molar-refractivity contribution is 0.102. The molecule has 0 bridgehead atoms.